The summed E-state index contributed by atoms with van der Waals surface area (Å²) in [6, 6.07) is 6.16. The lowest BCUT2D eigenvalue weighted by Crippen LogP contribution is -2.06. The summed E-state index contributed by atoms with van der Waals surface area (Å²) >= 11 is 0. The zero-order chi connectivity index (χ0) is 13.3. The van der Waals surface area contributed by atoms with Crippen molar-refractivity contribution in [2.75, 3.05) is 0 Å². The summed E-state index contributed by atoms with van der Waals surface area (Å²) in [7, 11) is 0. The molecule has 1 heterocycles. The van der Waals surface area contributed by atoms with Crippen molar-refractivity contribution in [1.82, 2.24) is 4.98 Å². The molecule has 0 amide bonds. The first-order valence-electron chi connectivity index (χ1n) is 5.92. The second kappa shape index (κ2) is 4.77. The summed E-state index contributed by atoms with van der Waals surface area (Å²) in [6.07, 6.45) is 0.220. The molecule has 18 heavy (non-hydrogen) atoms. The highest BCUT2D eigenvalue weighted by molar-refractivity contribution is 5.97. The van der Waals surface area contributed by atoms with Crippen molar-refractivity contribution in [1.29, 1.82) is 0 Å². The molecule has 0 spiro atoms. The highest BCUT2D eigenvalue weighted by Crippen LogP contribution is 2.18. The van der Waals surface area contributed by atoms with Crippen LogP contribution in [-0.4, -0.2) is 10.8 Å². The fraction of sp³-hybridized carbons (Fsp3) is 0.267. The van der Waals surface area contributed by atoms with Crippen LogP contribution in [0.3, 0.4) is 0 Å². The molecule has 2 nitrogen and oxygen atoms in total. The number of aromatic nitrogens is 1. The van der Waals surface area contributed by atoms with Crippen molar-refractivity contribution in [2.45, 2.75) is 27.2 Å². The van der Waals surface area contributed by atoms with Gasteiger partial charge in [0.1, 0.15) is 5.82 Å². The van der Waals surface area contributed by atoms with Crippen LogP contribution in [0.15, 0.2) is 24.3 Å². The van der Waals surface area contributed by atoms with Crippen molar-refractivity contribution in [3.8, 4) is 0 Å². The maximum Gasteiger partial charge on any atom is 0.183 e. The predicted molar refractivity (Wildman–Crippen MR) is 69.4 cm³/mol. The molecule has 1 aromatic carbocycles. The van der Waals surface area contributed by atoms with Crippen LogP contribution < -0.4 is 0 Å². The Morgan fingerprint density at radius 3 is 2.50 bits per heavy atom. The Kier molecular flexibility index (Phi) is 3.32. The van der Waals surface area contributed by atoms with E-state index in [0.29, 0.717) is 11.3 Å². The molecule has 94 valence electrons. The third kappa shape index (κ3) is 2.35. The topological polar surface area (TPSA) is 32.9 Å². The first-order chi connectivity index (χ1) is 8.49. The first-order valence-corrected chi connectivity index (χ1v) is 5.92. The molecular weight excluding hydrogens is 229 g/mol. The van der Waals surface area contributed by atoms with Gasteiger partial charge in [-0.1, -0.05) is 12.1 Å². The molecule has 0 atom stereocenters. The Morgan fingerprint density at radius 2 is 1.94 bits per heavy atom. The van der Waals surface area contributed by atoms with Crippen LogP contribution >= 0.6 is 0 Å². The summed E-state index contributed by atoms with van der Waals surface area (Å²) in [5, 5.41) is 0. The molecule has 3 heteroatoms. The minimum Gasteiger partial charge on any atom is -0.356 e. The summed E-state index contributed by atoms with van der Waals surface area (Å²) in [5.74, 6) is -0.315. The molecule has 0 aliphatic rings. The van der Waals surface area contributed by atoms with Gasteiger partial charge in [0.2, 0.25) is 0 Å². The van der Waals surface area contributed by atoms with Gasteiger partial charge in [-0.2, -0.15) is 0 Å². The third-order valence-corrected chi connectivity index (χ3v) is 3.35. The Balaban J connectivity index is 2.25. The van der Waals surface area contributed by atoms with E-state index in [-0.39, 0.29) is 18.0 Å². The van der Waals surface area contributed by atoms with E-state index in [1.165, 1.54) is 12.1 Å². The summed E-state index contributed by atoms with van der Waals surface area (Å²) in [5.41, 5.74) is 4.43. The standard InChI is InChI=1S/C15H16FNO/c1-9-10(2)15(17-11(9)3)14(18)8-12-5-4-6-13(16)7-12/h4-7,17H,8H2,1-3H3. The van der Waals surface area contributed by atoms with Gasteiger partial charge >= 0.3 is 0 Å². The second-order valence-corrected chi connectivity index (χ2v) is 4.60. The minimum absolute atomic E-state index is 0.00528. The minimum atomic E-state index is -0.309. The maximum atomic E-state index is 13.0. The van der Waals surface area contributed by atoms with Crippen molar-refractivity contribution < 1.29 is 9.18 Å². The number of hydrogen-bond acceptors (Lipinski definition) is 1. The Bertz CT molecular complexity index is 599. The number of H-pyrrole nitrogens is 1. The molecule has 0 aliphatic carbocycles. The number of aromatic amines is 1. The molecule has 0 bridgehead atoms. The van der Waals surface area contributed by atoms with Gasteiger partial charge in [-0.15, -0.1) is 0 Å². The van der Waals surface area contributed by atoms with Crippen LogP contribution in [0.1, 0.15) is 32.9 Å². The highest BCUT2D eigenvalue weighted by atomic mass is 19.1. The largest absolute Gasteiger partial charge is 0.356 e. The highest BCUT2D eigenvalue weighted by Gasteiger charge is 2.15. The molecule has 0 aliphatic heterocycles. The number of Topliss-reactive ketones (excluding diaryl/α,β-unsaturated/α-hetero) is 1. The van der Waals surface area contributed by atoms with Crippen LogP contribution in [0.2, 0.25) is 0 Å². The number of halogens is 1. The average molecular weight is 245 g/mol. The lowest BCUT2D eigenvalue weighted by Gasteiger charge is -2.01. The fourth-order valence-corrected chi connectivity index (χ4v) is 2.04. The van der Waals surface area contributed by atoms with E-state index in [4.69, 9.17) is 0 Å². The number of ketones is 1. The van der Waals surface area contributed by atoms with Crippen molar-refractivity contribution >= 4 is 5.78 Å². The summed E-state index contributed by atoms with van der Waals surface area (Å²) < 4.78 is 13.0. The van der Waals surface area contributed by atoms with Crippen molar-refractivity contribution in [3.63, 3.8) is 0 Å². The van der Waals surface area contributed by atoms with Crippen LogP contribution in [-0.2, 0) is 6.42 Å². The number of hydrogen-bond donors (Lipinski definition) is 1. The van der Waals surface area contributed by atoms with Crippen LogP contribution in [0.4, 0.5) is 4.39 Å². The van der Waals surface area contributed by atoms with Gasteiger partial charge in [-0.25, -0.2) is 4.39 Å². The van der Waals surface area contributed by atoms with E-state index in [2.05, 4.69) is 4.98 Å². The lowest BCUT2D eigenvalue weighted by atomic mass is 10.0. The number of carbonyl (C=O) groups is 1. The van der Waals surface area contributed by atoms with E-state index >= 15 is 0 Å². The molecule has 0 radical (unpaired) electrons. The molecule has 0 saturated carbocycles. The van der Waals surface area contributed by atoms with Gasteiger partial charge in [0, 0.05) is 12.1 Å². The number of nitrogens with one attached hydrogen (secondary N) is 1. The number of benzene rings is 1. The Morgan fingerprint density at radius 1 is 1.22 bits per heavy atom. The fourth-order valence-electron chi connectivity index (χ4n) is 2.04. The van der Waals surface area contributed by atoms with Crippen molar-refractivity contribution in [3.05, 3.63) is 58.2 Å². The molecule has 1 N–H and O–H groups in total. The normalized spacial score (nSPS) is 10.7. The average Bonchev–Trinajstić information content (AvgIpc) is 2.57. The lowest BCUT2D eigenvalue weighted by molar-refractivity contribution is 0.0988. The van der Waals surface area contributed by atoms with E-state index in [1.54, 1.807) is 12.1 Å². The van der Waals surface area contributed by atoms with E-state index < -0.39 is 0 Å². The molecule has 2 aromatic rings. The Hall–Kier alpha value is -1.90. The van der Waals surface area contributed by atoms with E-state index in [0.717, 1.165) is 16.8 Å². The number of rotatable bonds is 3. The predicted octanol–water partition coefficient (Wildman–Crippen LogP) is 3.50. The first kappa shape index (κ1) is 12.6. The van der Waals surface area contributed by atoms with Gasteiger partial charge in [-0.3, -0.25) is 4.79 Å². The van der Waals surface area contributed by atoms with E-state index in [1.807, 2.05) is 20.8 Å². The van der Waals surface area contributed by atoms with Crippen LogP contribution in [0.25, 0.3) is 0 Å². The van der Waals surface area contributed by atoms with Gasteiger partial charge in [0.25, 0.3) is 0 Å². The van der Waals surface area contributed by atoms with E-state index in [9.17, 15) is 9.18 Å². The molecule has 2 rings (SSSR count). The number of carbonyl (C=O) groups excluding carboxylic acids is 1. The SMILES string of the molecule is Cc1[nH]c(C(=O)Cc2cccc(F)c2)c(C)c1C. The smallest absolute Gasteiger partial charge is 0.183 e. The zero-order valence-electron chi connectivity index (χ0n) is 10.8. The zero-order valence-corrected chi connectivity index (χ0v) is 10.8. The van der Waals surface area contributed by atoms with Gasteiger partial charge in [0.15, 0.2) is 5.78 Å². The van der Waals surface area contributed by atoms with Gasteiger partial charge < -0.3 is 4.98 Å². The van der Waals surface area contributed by atoms with Crippen molar-refractivity contribution in [2.24, 2.45) is 0 Å². The molecule has 0 unspecified atom stereocenters. The maximum absolute atomic E-state index is 13.0. The molecular formula is C15H16FNO. The molecule has 0 fully saturated rings. The second-order valence-electron chi connectivity index (χ2n) is 4.60. The monoisotopic (exact) mass is 245 g/mol. The van der Waals surface area contributed by atoms with Gasteiger partial charge in [0.05, 0.1) is 5.69 Å². The Labute approximate surface area is 106 Å². The van der Waals surface area contributed by atoms with Crippen LogP contribution in [0.5, 0.6) is 0 Å². The summed E-state index contributed by atoms with van der Waals surface area (Å²) in [6.45, 7) is 5.86. The van der Waals surface area contributed by atoms with Crippen LogP contribution in [0, 0.1) is 26.6 Å². The quantitative estimate of drug-likeness (QED) is 0.825. The molecule has 0 saturated heterocycles. The third-order valence-electron chi connectivity index (χ3n) is 3.35. The molecule has 1 aromatic heterocycles. The summed E-state index contributed by atoms with van der Waals surface area (Å²) in [4.78, 5) is 15.3. The number of aryl methyl sites for hydroxylation is 1. The van der Waals surface area contributed by atoms with Gasteiger partial charge in [-0.05, 0) is 49.6 Å².